The average molecular weight is 350 g/mol. The SMILES string of the molecule is COc1ccc(OCc2noc(-c3cccc(C(F)(F)F)c3)n2)cc1. The van der Waals surface area contributed by atoms with E-state index in [2.05, 4.69) is 10.1 Å². The van der Waals surface area contributed by atoms with Crippen LogP contribution in [0.3, 0.4) is 0 Å². The fraction of sp³-hybridized carbons (Fsp3) is 0.176. The van der Waals surface area contributed by atoms with Crippen LogP contribution in [0, 0.1) is 0 Å². The first-order chi connectivity index (χ1) is 12.0. The Labute approximate surface area is 141 Å². The molecule has 0 amide bonds. The lowest BCUT2D eigenvalue weighted by Crippen LogP contribution is -2.04. The van der Waals surface area contributed by atoms with E-state index < -0.39 is 11.7 Å². The lowest BCUT2D eigenvalue weighted by Gasteiger charge is -2.06. The molecule has 1 heterocycles. The van der Waals surface area contributed by atoms with Crippen LogP contribution in [0.25, 0.3) is 11.5 Å². The van der Waals surface area contributed by atoms with E-state index >= 15 is 0 Å². The smallest absolute Gasteiger partial charge is 0.416 e. The number of aromatic nitrogens is 2. The van der Waals surface area contributed by atoms with Crippen molar-refractivity contribution in [2.24, 2.45) is 0 Å². The largest absolute Gasteiger partial charge is 0.497 e. The number of halogens is 3. The van der Waals surface area contributed by atoms with Crippen LogP contribution in [0.1, 0.15) is 11.4 Å². The van der Waals surface area contributed by atoms with E-state index in [1.165, 1.54) is 12.1 Å². The van der Waals surface area contributed by atoms with Crippen LogP contribution in [0.4, 0.5) is 13.2 Å². The van der Waals surface area contributed by atoms with Crippen LogP contribution < -0.4 is 9.47 Å². The zero-order valence-electron chi connectivity index (χ0n) is 13.1. The third-order valence-corrected chi connectivity index (χ3v) is 3.33. The van der Waals surface area contributed by atoms with Crippen molar-refractivity contribution < 1.29 is 27.2 Å². The van der Waals surface area contributed by atoms with E-state index in [0.717, 1.165) is 12.1 Å². The van der Waals surface area contributed by atoms with Gasteiger partial charge in [0.05, 0.1) is 12.7 Å². The van der Waals surface area contributed by atoms with Gasteiger partial charge in [0.25, 0.3) is 5.89 Å². The number of hydrogen-bond donors (Lipinski definition) is 0. The van der Waals surface area contributed by atoms with Crippen molar-refractivity contribution in [1.82, 2.24) is 10.1 Å². The van der Waals surface area contributed by atoms with Crippen molar-refractivity contribution in [3.8, 4) is 23.0 Å². The maximum Gasteiger partial charge on any atom is 0.416 e. The molecule has 0 N–H and O–H groups in total. The molecule has 0 aliphatic heterocycles. The Kier molecular flexibility index (Phi) is 4.60. The molecule has 3 rings (SSSR count). The molecule has 0 saturated carbocycles. The van der Waals surface area contributed by atoms with Crippen molar-refractivity contribution in [2.75, 3.05) is 7.11 Å². The molecule has 0 bridgehead atoms. The maximum atomic E-state index is 12.8. The molecule has 0 saturated heterocycles. The number of ether oxygens (including phenoxy) is 2. The van der Waals surface area contributed by atoms with Crippen molar-refractivity contribution in [3.05, 3.63) is 59.9 Å². The monoisotopic (exact) mass is 350 g/mol. The summed E-state index contributed by atoms with van der Waals surface area (Å²) in [4.78, 5) is 4.06. The minimum Gasteiger partial charge on any atom is -0.497 e. The highest BCUT2D eigenvalue weighted by Crippen LogP contribution is 2.31. The van der Waals surface area contributed by atoms with Crippen LogP contribution in [0.15, 0.2) is 53.1 Å². The van der Waals surface area contributed by atoms with Gasteiger partial charge in [-0.2, -0.15) is 18.2 Å². The molecule has 0 radical (unpaired) electrons. The molecular formula is C17H13F3N2O3. The Bertz CT molecular complexity index is 845. The molecular weight excluding hydrogens is 337 g/mol. The standard InChI is InChI=1S/C17H13F3N2O3/c1-23-13-5-7-14(8-6-13)24-10-15-21-16(25-22-15)11-3-2-4-12(9-11)17(18,19)20/h2-9H,10H2,1H3. The first-order valence-corrected chi connectivity index (χ1v) is 7.23. The van der Waals surface area contributed by atoms with E-state index in [0.29, 0.717) is 11.5 Å². The second kappa shape index (κ2) is 6.84. The highest BCUT2D eigenvalue weighted by atomic mass is 19.4. The lowest BCUT2D eigenvalue weighted by molar-refractivity contribution is -0.137. The Morgan fingerprint density at radius 3 is 2.44 bits per heavy atom. The Hall–Kier alpha value is -3.03. The molecule has 0 unspecified atom stereocenters. The summed E-state index contributed by atoms with van der Waals surface area (Å²) in [5.41, 5.74) is -0.586. The topological polar surface area (TPSA) is 57.4 Å². The Morgan fingerprint density at radius 2 is 1.76 bits per heavy atom. The van der Waals surface area contributed by atoms with Crippen molar-refractivity contribution in [2.45, 2.75) is 12.8 Å². The zero-order chi connectivity index (χ0) is 17.9. The normalized spacial score (nSPS) is 11.4. The minimum absolute atomic E-state index is 0.000527. The molecule has 0 spiro atoms. The molecule has 25 heavy (non-hydrogen) atoms. The van der Waals surface area contributed by atoms with Gasteiger partial charge in [-0.25, -0.2) is 0 Å². The molecule has 0 atom stereocenters. The fourth-order valence-corrected chi connectivity index (χ4v) is 2.08. The molecule has 0 fully saturated rings. The molecule has 3 aromatic rings. The first-order valence-electron chi connectivity index (χ1n) is 7.23. The van der Waals surface area contributed by atoms with Gasteiger partial charge in [-0.05, 0) is 42.5 Å². The summed E-state index contributed by atoms with van der Waals surface area (Å²) < 4.78 is 53.8. The summed E-state index contributed by atoms with van der Waals surface area (Å²) in [6.07, 6.45) is -4.43. The van der Waals surface area contributed by atoms with Gasteiger partial charge in [-0.15, -0.1) is 0 Å². The van der Waals surface area contributed by atoms with Gasteiger partial charge in [-0.1, -0.05) is 11.2 Å². The quantitative estimate of drug-likeness (QED) is 0.685. The molecule has 130 valence electrons. The van der Waals surface area contributed by atoms with E-state index in [4.69, 9.17) is 14.0 Å². The van der Waals surface area contributed by atoms with Gasteiger partial charge in [0, 0.05) is 5.56 Å². The predicted octanol–water partition coefficient (Wildman–Crippen LogP) is 4.34. The fourth-order valence-electron chi connectivity index (χ4n) is 2.08. The van der Waals surface area contributed by atoms with Crippen molar-refractivity contribution >= 4 is 0 Å². The highest BCUT2D eigenvalue weighted by molar-refractivity contribution is 5.54. The summed E-state index contributed by atoms with van der Waals surface area (Å²) in [5, 5.41) is 3.72. The second-order valence-electron chi connectivity index (χ2n) is 5.06. The summed E-state index contributed by atoms with van der Waals surface area (Å²) >= 11 is 0. The number of rotatable bonds is 5. The summed E-state index contributed by atoms with van der Waals surface area (Å²) in [5.74, 6) is 1.49. The summed E-state index contributed by atoms with van der Waals surface area (Å²) in [7, 11) is 1.56. The molecule has 0 aliphatic carbocycles. The van der Waals surface area contributed by atoms with Gasteiger partial charge in [0.2, 0.25) is 5.82 Å². The number of alkyl halides is 3. The number of benzene rings is 2. The van der Waals surface area contributed by atoms with E-state index in [1.54, 1.807) is 31.4 Å². The summed E-state index contributed by atoms with van der Waals surface area (Å²) in [6, 6.07) is 11.6. The molecule has 1 aromatic heterocycles. The number of methoxy groups -OCH3 is 1. The number of hydrogen-bond acceptors (Lipinski definition) is 5. The Morgan fingerprint density at radius 1 is 1.04 bits per heavy atom. The van der Waals surface area contributed by atoms with Gasteiger partial charge < -0.3 is 14.0 Å². The maximum absolute atomic E-state index is 12.8. The molecule has 2 aromatic carbocycles. The van der Waals surface area contributed by atoms with E-state index in [1.807, 2.05) is 0 Å². The van der Waals surface area contributed by atoms with Crippen LogP contribution >= 0.6 is 0 Å². The lowest BCUT2D eigenvalue weighted by atomic mass is 10.1. The number of nitrogens with zero attached hydrogens (tertiary/aromatic N) is 2. The van der Waals surface area contributed by atoms with Gasteiger partial charge >= 0.3 is 6.18 Å². The van der Waals surface area contributed by atoms with Gasteiger partial charge in [-0.3, -0.25) is 0 Å². The zero-order valence-corrected chi connectivity index (χ0v) is 13.1. The minimum atomic E-state index is -4.43. The molecule has 0 aliphatic rings. The Balaban J connectivity index is 1.70. The van der Waals surface area contributed by atoms with Gasteiger partial charge in [0.15, 0.2) is 6.61 Å². The first kappa shape index (κ1) is 16.8. The van der Waals surface area contributed by atoms with E-state index in [9.17, 15) is 13.2 Å². The van der Waals surface area contributed by atoms with Gasteiger partial charge in [0.1, 0.15) is 11.5 Å². The highest BCUT2D eigenvalue weighted by Gasteiger charge is 2.30. The van der Waals surface area contributed by atoms with Crippen LogP contribution in [-0.4, -0.2) is 17.3 Å². The van der Waals surface area contributed by atoms with Crippen LogP contribution in [0.2, 0.25) is 0 Å². The van der Waals surface area contributed by atoms with Crippen molar-refractivity contribution in [3.63, 3.8) is 0 Å². The van der Waals surface area contributed by atoms with Crippen molar-refractivity contribution in [1.29, 1.82) is 0 Å². The van der Waals surface area contributed by atoms with E-state index in [-0.39, 0.29) is 23.9 Å². The molecule has 8 heteroatoms. The third-order valence-electron chi connectivity index (χ3n) is 3.33. The molecule has 5 nitrogen and oxygen atoms in total. The third kappa shape index (κ3) is 4.09. The van der Waals surface area contributed by atoms with Crippen LogP contribution in [-0.2, 0) is 12.8 Å². The second-order valence-corrected chi connectivity index (χ2v) is 5.06. The summed E-state index contributed by atoms with van der Waals surface area (Å²) in [6.45, 7) is 0.0226. The predicted molar refractivity (Wildman–Crippen MR) is 82.1 cm³/mol. The van der Waals surface area contributed by atoms with Crippen LogP contribution in [0.5, 0.6) is 11.5 Å². The average Bonchev–Trinajstić information content (AvgIpc) is 3.09.